The van der Waals surface area contributed by atoms with Crippen LogP contribution in [-0.4, -0.2) is 38.8 Å². The Labute approximate surface area is 180 Å². The molecule has 1 aliphatic rings. The van der Waals surface area contributed by atoms with E-state index in [1.165, 1.54) is 4.31 Å². The van der Waals surface area contributed by atoms with Gasteiger partial charge in [0.05, 0.1) is 11.4 Å². The summed E-state index contributed by atoms with van der Waals surface area (Å²) in [6.07, 6.45) is 1.32. The molecular formula is C20H25ClN2O4S2. The molecule has 1 amide bonds. The summed E-state index contributed by atoms with van der Waals surface area (Å²) in [6.45, 7) is 3.17. The highest BCUT2D eigenvalue weighted by Crippen LogP contribution is 2.32. The third kappa shape index (κ3) is 5.31. The van der Waals surface area contributed by atoms with Gasteiger partial charge in [-0.2, -0.15) is 4.31 Å². The van der Waals surface area contributed by atoms with Crippen LogP contribution >= 0.6 is 22.9 Å². The number of nitrogens with one attached hydrogen (secondary N) is 1. The van der Waals surface area contributed by atoms with Crippen LogP contribution < -0.4 is 10.1 Å². The molecule has 1 N–H and O–H groups in total. The molecule has 0 spiro atoms. The third-order valence-corrected chi connectivity index (χ3v) is 8.96. The highest BCUT2D eigenvalue weighted by Gasteiger charge is 2.34. The number of ether oxygens (including phenoxy) is 1. The number of hydrogen-bond donors (Lipinski definition) is 1. The maximum absolute atomic E-state index is 12.7. The zero-order valence-corrected chi connectivity index (χ0v) is 18.8. The van der Waals surface area contributed by atoms with Gasteiger partial charge in [-0.15, -0.1) is 11.3 Å². The number of thiophene rings is 1. The van der Waals surface area contributed by atoms with Gasteiger partial charge in [0.25, 0.3) is 10.0 Å². The molecule has 3 rings (SSSR count). The number of sulfonamides is 1. The monoisotopic (exact) mass is 456 g/mol. The normalized spacial score (nSPS) is 17.1. The van der Waals surface area contributed by atoms with Crippen LogP contribution in [0.1, 0.15) is 25.3 Å². The molecule has 0 aliphatic carbocycles. The molecule has 1 saturated heterocycles. The number of carbonyl (C=O) groups excluding carboxylic acids is 1. The minimum atomic E-state index is -3.51. The first-order chi connectivity index (χ1) is 13.8. The van der Waals surface area contributed by atoms with Gasteiger partial charge in [0.15, 0.2) is 0 Å². The molecule has 0 unspecified atom stereocenters. The predicted octanol–water partition coefficient (Wildman–Crippen LogP) is 3.76. The first kappa shape index (κ1) is 22.1. The van der Waals surface area contributed by atoms with Crippen molar-refractivity contribution in [3.05, 3.63) is 46.3 Å². The molecule has 29 heavy (non-hydrogen) atoms. The Morgan fingerprint density at radius 1 is 1.31 bits per heavy atom. The molecule has 2 heterocycles. The van der Waals surface area contributed by atoms with E-state index in [9.17, 15) is 13.2 Å². The van der Waals surface area contributed by atoms with Crippen molar-refractivity contribution in [1.29, 1.82) is 0 Å². The minimum absolute atomic E-state index is 0.0147. The Kier molecular flexibility index (Phi) is 7.21. The van der Waals surface area contributed by atoms with Crippen LogP contribution in [0.5, 0.6) is 5.75 Å². The first-order valence-electron chi connectivity index (χ1n) is 9.47. The number of piperidine rings is 1. The van der Waals surface area contributed by atoms with Crippen molar-refractivity contribution >= 4 is 38.9 Å². The van der Waals surface area contributed by atoms with Gasteiger partial charge in [-0.1, -0.05) is 30.7 Å². The van der Waals surface area contributed by atoms with Crippen molar-refractivity contribution in [2.45, 2.75) is 30.5 Å². The highest BCUT2D eigenvalue weighted by molar-refractivity contribution is 7.91. The Bertz CT molecular complexity index is 953. The lowest BCUT2D eigenvalue weighted by molar-refractivity contribution is -0.126. The summed E-state index contributed by atoms with van der Waals surface area (Å²) in [7, 11) is -1.90. The fourth-order valence-corrected chi connectivity index (χ4v) is 6.63. The number of nitrogens with zero attached hydrogens (tertiary/aromatic N) is 1. The fourth-order valence-electron chi connectivity index (χ4n) is 3.53. The van der Waals surface area contributed by atoms with E-state index < -0.39 is 10.0 Å². The summed E-state index contributed by atoms with van der Waals surface area (Å²) < 4.78 is 32.8. The van der Waals surface area contributed by atoms with Crippen molar-refractivity contribution in [2.75, 3.05) is 20.2 Å². The van der Waals surface area contributed by atoms with E-state index in [0.717, 1.165) is 22.6 Å². The van der Waals surface area contributed by atoms with Gasteiger partial charge in [0.1, 0.15) is 9.96 Å². The lowest BCUT2D eigenvalue weighted by Crippen LogP contribution is -2.42. The molecular weight excluding hydrogens is 432 g/mol. The van der Waals surface area contributed by atoms with Crippen LogP contribution in [-0.2, 0) is 21.4 Å². The molecule has 1 aromatic carbocycles. The van der Waals surface area contributed by atoms with Crippen LogP contribution in [0.4, 0.5) is 0 Å². The van der Waals surface area contributed by atoms with Crippen molar-refractivity contribution in [3.8, 4) is 5.75 Å². The Hall–Kier alpha value is -1.61. The molecule has 2 aromatic rings. The van der Waals surface area contributed by atoms with Gasteiger partial charge in [-0.25, -0.2) is 8.42 Å². The lowest BCUT2D eigenvalue weighted by Gasteiger charge is -2.33. The quantitative estimate of drug-likeness (QED) is 0.688. The van der Waals surface area contributed by atoms with Crippen molar-refractivity contribution in [2.24, 2.45) is 11.8 Å². The SMILES string of the molecule is COc1cccc(CNC(=O)[C@H](C)C2CCN(S(=O)(=O)c3ccc(Cl)s3)CC2)c1. The van der Waals surface area contributed by atoms with E-state index in [1.807, 2.05) is 31.2 Å². The number of hydrogen-bond acceptors (Lipinski definition) is 5. The number of halogens is 1. The second-order valence-electron chi connectivity index (χ2n) is 7.16. The van der Waals surface area contributed by atoms with E-state index in [4.69, 9.17) is 16.3 Å². The largest absolute Gasteiger partial charge is 0.497 e. The van der Waals surface area contributed by atoms with Gasteiger partial charge in [-0.3, -0.25) is 4.79 Å². The Balaban J connectivity index is 1.52. The van der Waals surface area contributed by atoms with Crippen LogP contribution in [0.25, 0.3) is 0 Å². The standard InChI is InChI=1S/C20H25ClN2O4S2/c1-14(20(24)22-13-15-4-3-5-17(12-15)27-2)16-8-10-23(11-9-16)29(25,26)19-7-6-18(21)28-19/h3-7,12,14,16H,8-11,13H2,1-2H3,(H,22,24)/t14-/m1/s1. The zero-order valence-electron chi connectivity index (χ0n) is 16.4. The van der Waals surface area contributed by atoms with Gasteiger partial charge >= 0.3 is 0 Å². The van der Waals surface area contributed by atoms with Gasteiger partial charge in [-0.05, 0) is 48.6 Å². The third-order valence-electron chi connectivity index (χ3n) is 5.36. The number of carbonyl (C=O) groups is 1. The molecule has 1 atom stereocenters. The topological polar surface area (TPSA) is 75.7 Å². The summed E-state index contributed by atoms with van der Waals surface area (Å²) in [5.74, 6) is 0.713. The molecule has 1 aliphatic heterocycles. The maximum atomic E-state index is 12.7. The highest BCUT2D eigenvalue weighted by atomic mass is 35.5. The van der Waals surface area contributed by atoms with E-state index in [-0.39, 0.29) is 22.0 Å². The van der Waals surface area contributed by atoms with Gasteiger partial charge in [0.2, 0.25) is 5.91 Å². The summed E-state index contributed by atoms with van der Waals surface area (Å²) >= 11 is 6.95. The van der Waals surface area contributed by atoms with E-state index in [2.05, 4.69) is 5.32 Å². The first-order valence-corrected chi connectivity index (χ1v) is 12.1. The minimum Gasteiger partial charge on any atom is -0.497 e. The van der Waals surface area contributed by atoms with Crippen LogP contribution in [0.3, 0.4) is 0 Å². The molecule has 0 saturated carbocycles. The number of rotatable bonds is 7. The molecule has 0 radical (unpaired) electrons. The summed E-state index contributed by atoms with van der Waals surface area (Å²) in [5.41, 5.74) is 0.973. The second kappa shape index (κ2) is 9.47. The van der Waals surface area contributed by atoms with E-state index in [1.54, 1.807) is 19.2 Å². The van der Waals surface area contributed by atoms with Crippen LogP contribution in [0, 0.1) is 11.8 Å². The number of amides is 1. The van der Waals surface area contributed by atoms with E-state index in [0.29, 0.717) is 36.8 Å². The van der Waals surface area contributed by atoms with Gasteiger partial charge in [0, 0.05) is 25.6 Å². The molecule has 158 valence electrons. The Morgan fingerprint density at radius 2 is 2.03 bits per heavy atom. The predicted molar refractivity (Wildman–Crippen MR) is 115 cm³/mol. The molecule has 9 heteroatoms. The van der Waals surface area contributed by atoms with Gasteiger partial charge < -0.3 is 10.1 Å². The maximum Gasteiger partial charge on any atom is 0.252 e. The summed E-state index contributed by atoms with van der Waals surface area (Å²) in [4.78, 5) is 12.6. The molecule has 1 fully saturated rings. The van der Waals surface area contributed by atoms with Crippen LogP contribution in [0.2, 0.25) is 4.34 Å². The van der Waals surface area contributed by atoms with Crippen molar-refractivity contribution in [3.63, 3.8) is 0 Å². The summed E-state index contributed by atoms with van der Waals surface area (Å²) in [5, 5.41) is 2.98. The zero-order chi connectivity index (χ0) is 21.0. The lowest BCUT2D eigenvalue weighted by atomic mass is 9.85. The number of methoxy groups -OCH3 is 1. The molecule has 0 bridgehead atoms. The average molecular weight is 457 g/mol. The van der Waals surface area contributed by atoms with Crippen molar-refractivity contribution < 1.29 is 17.9 Å². The fraction of sp³-hybridized carbons (Fsp3) is 0.450. The Morgan fingerprint density at radius 3 is 2.66 bits per heavy atom. The average Bonchev–Trinajstić information content (AvgIpc) is 3.19. The van der Waals surface area contributed by atoms with Crippen molar-refractivity contribution in [1.82, 2.24) is 9.62 Å². The molecule has 1 aromatic heterocycles. The number of benzene rings is 1. The molecule has 6 nitrogen and oxygen atoms in total. The summed E-state index contributed by atoms with van der Waals surface area (Å²) in [6, 6.07) is 10.7. The van der Waals surface area contributed by atoms with E-state index >= 15 is 0 Å². The van der Waals surface area contributed by atoms with Crippen LogP contribution in [0.15, 0.2) is 40.6 Å². The smallest absolute Gasteiger partial charge is 0.252 e. The second-order valence-corrected chi connectivity index (χ2v) is 11.0.